The molecule has 3 fully saturated rings. The zero-order chi connectivity index (χ0) is 26.2. The molecular weight excluding hydrogens is 360 g/mol. The van der Waals surface area contributed by atoms with Gasteiger partial charge in [-0.25, -0.2) is 0 Å². The van der Waals surface area contributed by atoms with Gasteiger partial charge in [-0.3, -0.25) is 0 Å². The SMILES string of the molecule is [2H]C([2H])(O/N=C1\C=C2CC[C@H]3[C@@H]4CC[C@H](O)[C@@]4(C)CC[C@@H]3[C@@]2(C)CC1)C([2H])([2H])C([2H])([2H])[N+](C)(C)C. The van der Waals surface area contributed by atoms with Crippen LogP contribution in [0.15, 0.2) is 16.8 Å². The Balaban J connectivity index is 1.53. The normalized spacial score (nSPS) is 47.9. The van der Waals surface area contributed by atoms with Crippen LogP contribution >= 0.6 is 0 Å². The predicted molar refractivity (Wildman–Crippen MR) is 119 cm³/mol. The number of aliphatic hydroxyl groups is 1. The Hall–Kier alpha value is -0.870. The van der Waals surface area contributed by atoms with Gasteiger partial charge < -0.3 is 14.4 Å². The van der Waals surface area contributed by atoms with Crippen molar-refractivity contribution in [3.05, 3.63) is 11.6 Å². The Kier molecular flexibility index (Phi) is 3.97. The highest BCUT2D eigenvalue weighted by Crippen LogP contribution is 2.65. The third-order valence-electron chi connectivity index (χ3n) is 8.58. The molecule has 0 aromatic rings. The summed E-state index contributed by atoms with van der Waals surface area (Å²) < 4.78 is 48.9. The summed E-state index contributed by atoms with van der Waals surface area (Å²) in [7, 11) is 4.47. The van der Waals surface area contributed by atoms with Crippen molar-refractivity contribution in [1.29, 1.82) is 0 Å². The average Bonchev–Trinajstić information content (AvgIpc) is 3.05. The highest BCUT2D eigenvalue weighted by molar-refractivity contribution is 5.96. The summed E-state index contributed by atoms with van der Waals surface area (Å²) >= 11 is 0. The van der Waals surface area contributed by atoms with Gasteiger partial charge in [0.1, 0.15) is 6.56 Å². The van der Waals surface area contributed by atoms with Crippen LogP contribution in [0.1, 0.15) is 79.8 Å². The molecule has 6 atom stereocenters. The van der Waals surface area contributed by atoms with Gasteiger partial charge in [-0.1, -0.05) is 24.6 Å². The van der Waals surface area contributed by atoms with Gasteiger partial charge in [0.05, 0.1) is 44.9 Å². The molecule has 4 heteroatoms. The maximum absolute atomic E-state index is 10.7. The molecule has 0 radical (unpaired) electrons. The first-order valence-electron chi connectivity index (χ1n) is 14.3. The van der Waals surface area contributed by atoms with Gasteiger partial charge in [-0.05, 0) is 86.0 Å². The highest BCUT2D eigenvalue weighted by Gasteiger charge is 2.58. The molecule has 4 aliphatic rings. The Morgan fingerprint density at radius 1 is 1.14 bits per heavy atom. The number of fused-ring (bicyclic) bond motifs is 5. The molecule has 3 saturated carbocycles. The van der Waals surface area contributed by atoms with Crippen molar-refractivity contribution >= 4 is 5.71 Å². The molecule has 29 heavy (non-hydrogen) atoms. The van der Waals surface area contributed by atoms with Crippen LogP contribution in [0.25, 0.3) is 0 Å². The van der Waals surface area contributed by atoms with Crippen LogP contribution in [0.2, 0.25) is 0 Å². The van der Waals surface area contributed by atoms with E-state index < -0.39 is 23.9 Å². The van der Waals surface area contributed by atoms with Crippen LogP contribution in [-0.4, -0.2) is 55.6 Å². The zero-order valence-corrected chi connectivity index (χ0v) is 18.8. The Morgan fingerprint density at radius 2 is 1.93 bits per heavy atom. The number of allylic oxidation sites excluding steroid dienone is 2. The van der Waals surface area contributed by atoms with E-state index in [2.05, 4.69) is 19.0 Å². The van der Waals surface area contributed by atoms with Crippen LogP contribution in [0.5, 0.6) is 0 Å². The van der Waals surface area contributed by atoms with Crippen molar-refractivity contribution in [3.63, 3.8) is 0 Å². The maximum atomic E-state index is 10.7. The van der Waals surface area contributed by atoms with E-state index in [-0.39, 0.29) is 16.9 Å². The second-order valence-electron chi connectivity index (χ2n) is 11.2. The lowest BCUT2D eigenvalue weighted by Gasteiger charge is -2.57. The quantitative estimate of drug-likeness (QED) is 0.524. The monoisotopic (exact) mass is 409 g/mol. The largest absolute Gasteiger partial charge is 0.395 e. The minimum absolute atomic E-state index is 0.0508. The molecule has 4 rings (SSSR count). The first-order valence-corrected chi connectivity index (χ1v) is 11.3. The summed E-state index contributed by atoms with van der Waals surface area (Å²) in [5, 5.41) is 14.7. The van der Waals surface area contributed by atoms with Crippen molar-refractivity contribution in [2.24, 2.45) is 33.7 Å². The summed E-state index contributed by atoms with van der Waals surface area (Å²) in [4.78, 5) is 5.14. The van der Waals surface area contributed by atoms with Gasteiger partial charge in [-0.15, -0.1) is 0 Å². The number of oxime groups is 1. The molecule has 1 N–H and O–H groups in total. The van der Waals surface area contributed by atoms with Crippen LogP contribution in [0, 0.1) is 28.6 Å². The lowest BCUT2D eigenvalue weighted by Crippen LogP contribution is -2.51. The third kappa shape index (κ3) is 3.92. The minimum Gasteiger partial charge on any atom is -0.395 e. The fourth-order valence-corrected chi connectivity index (χ4v) is 6.91. The molecule has 0 saturated heterocycles. The second kappa shape index (κ2) is 7.67. The van der Waals surface area contributed by atoms with E-state index in [1.165, 1.54) is 26.7 Å². The lowest BCUT2D eigenvalue weighted by molar-refractivity contribution is -0.870. The average molecular weight is 410 g/mol. The Bertz CT molecular complexity index is 914. The van der Waals surface area contributed by atoms with Gasteiger partial charge >= 0.3 is 0 Å². The molecule has 0 amide bonds. The molecular formula is C25H43N2O2+. The fraction of sp³-hybridized carbons (Fsp3) is 0.880. The van der Waals surface area contributed by atoms with E-state index in [1.807, 2.05) is 6.08 Å². The van der Waals surface area contributed by atoms with Crippen LogP contribution in [0.4, 0.5) is 0 Å². The topological polar surface area (TPSA) is 41.8 Å². The summed E-state index contributed by atoms with van der Waals surface area (Å²) in [5.41, 5.74) is 2.03. The van der Waals surface area contributed by atoms with Crippen molar-refractivity contribution < 1.29 is 22.7 Å². The highest BCUT2D eigenvalue weighted by atomic mass is 16.6. The lowest BCUT2D eigenvalue weighted by atomic mass is 9.47. The zero-order valence-electron chi connectivity index (χ0n) is 24.8. The van der Waals surface area contributed by atoms with E-state index in [0.717, 1.165) is 44.9 Å². The molecule has 0 heterocycles. The fourth-order valence-electron chi connectivity index (χ4n) is 6.91. The molecule has 0 aliphatic heterocycles. The maximum Gasteiger partial charge on any atom is 0.122 e. The van der Waals surface area contributed by atoms with E-state index in [9.17, 15) is 5.11 Å². The third-order valence-corrected chi connectivity index (χ3v) is 8.58. The minimum atomic E-state index is -2.94. The molecule has 4 nitrogen and oxygen atoms in total. The summed E-state index contributed by atoms with van der Waals surface area (Å²) in [6, 6.07) is 0. The van der Waals surface area contributed by atoms with Gasteiger partial charge in [-0.2, -0.15) is 0 Å². The first kappa shape index (κ1) is 15.0. The number of rotatable bonds is 5. The van der Waals surface area contributed by atoms with E-state index in [1.54, 1.807) is 0 Å². The number of aliphatic hydroxyl groups excluding tert-OH is 1. The van der Waals surface area contributed by atoms with Crippen LogP contribution in [-0.2, 0) is 4.84 Å². The summed E-state index contributed by atoms with van der Waals surface area (Å²) in [6.07, 6.45) is 6.70. The van der Waals surface area contributed by atoms with Crippen molar-refractivity contribution in [2.75, 3.05) is 34.2 Å². The van der Waals surface area contributed by atoms with Gasteiger partial charge in [0, 0.05) is 9.11 Å². The van der Waals surface area contributed by atoms with E-state index in [4.69, 9.17) is 13.1 Å². The van der Waals surface area contributed by atoms with Gasteiger partial charge in [0.25, 0.3) is 0 Å². The van der Waals surface area contributed by atoms with Crippen molar-refractivity contribution in [3.8, 4) is 0 Å². The Morgan fingerprint density at radius 3 is 2.69 bits per heavy atom. The molecule has 0 aromatic heterocycles. The first-order chi connectivity index (χ1) is 15.9. The van der Waals surface area contributed by atoms with Crippen LogP contribution in [0.3, 0.4) is 0 Å². The number of hydrogen-bond donors (Lipinski definition) is 1. The number of hydrogen-bond acceptors (Lipinski definition) is 3. The van der Waals surface area contributed by atoms with Gasteiger partial charge in [0.2, 0.25) is 0 Å². The van der Waals surface area contributed by atoms with Crippen LogP contribution < -0.4 is 0 Å². The Labute approximate surface area is 186 Å². The molecule has 0 unspecified atom stereocenters. The summed E-state index contributed by atoms with van der Waals surface area (Å²) in [6.45, 7) is -0.837. The van der Waals surface area contributed by atoms with Gasteiger partial charge in [0.15, 0.2) is 0 Å². The molecule has 0 bridgehead atoms. The van der Waals surface area contributed by atoms with Crippen molar-refractivity contribution in [2.45, 2.75) is 77.7 Å². The summed E-state index contributed by atoms with van der Waals surface area (Å²) in [5.74, 6) is 1.78. The smallest absolute Gasteiger partial charge is 0.122 e. The molecule has 0 aromatic carbocycles. The number of quaternary nitrogens is 1. The van der Waals surface area contributed by atoms with Crippen molar-refractivity contribution in [1.82, 2.24) is 0 Å². The predicted octanol–water partition coefficient (Wildman–Crippen LogP) is 4.78. The molecule has 0 spiro atoms. The molecule has 4 aliphatic carbocycles. The second-order valence-corrected chi connectivity index (χ2v) is 11.2. The van der Waals surface area contributed by atoms with E-state index >= 15 is 0 Å². The number of nitrogens with zero attached hydrogens (tertiary/aromatic N) is 2. The standard InChI is InChI=1S/C25H43N2O2/c1-24-13-11-19(26-29-16-6-15-27(3,4)5)17-18(24)7-8-20-21-9-10-23(28)25(21,2)14-12-22(20)24/h17,20-23,28H,6-16H2,1-5H3/q+1/b26-19-/t20-,21-,22-,23-,24-,25-/m0/s1/i6D2,15D2,16D2. The molecule has 164 valence electrons. The van der Waals surface area contributed by atoms with E-state index in [0.29, 0.717) is 29.9 Å².